The second-order valence-electron chi connectivity index (χ2n) is 2.68. The summed E-state index contributed by atoms with van der Waals surface area (Å²) in [6.07, 6.45) is 3.02. The zero-order chi connectivity index (χ0) is 7.56. The van der Waals surface area contributed by atoms with Crippen molar-refractivity contribution >= 4 is 5.91 Å². The first-order valence-corrected chi connectivity index (χ1v) is 3.74. The number of rotatable bonds is 2. The molecule has 2 heteroatoms. The molecular weight excluding hydrogens is 126 g/mol. The van der Waals surface area contributed by atoms with Gasteiger partial charge in [0.15, 0.2) is 0 Å². The van der Waals surface area contributed by atoms with Crippen LogP contribution in [0.3, 0.4) is 0 Å². The molecule has 0 saturated heterocycles. The van der Waals surface area contributed by atoms with Crippen molar-refractivity contribution in [3.8, 4) is 0 Å². The summed E-state index contributed by atoms with van der Waals surface area (Å²) < 4.78 is 0. The molecule has 0 bridgehead atoms. The SMILES string of the molecule is CCC(C)C1=CCNC1=O. The summed E-state index contributed by atoms with van der Waals surface area (Å²) in [4.78, 5) is 11.0. The van der Waals surface area contributed by atoms with E-state index in [1.165, 1.54) is 0 Å². The van der Waals surface area contributed by atoms with Gasteiger partial charge in [0.25, 0.3) is 0 Å². The van der Waals surface area contributed by atoms with Crippen LogP contribution in [0.2, 0.25) is 0 Å². The predicted molar refractivity (Wildman–Crippen MR) is 40.5 cm³/mol. The maximum absolute atomic E-state index is 11.0. The third-order valence-corrected chi connectivity index (χ3v) is 1.99. The Morgan fingerprint density at radius 3 is 2.90 bits per heavy atom. The molecular formula is C8H13NO. The molecule has 1 heterocycles. The average molecular weight is 139 g/mol. The predicted octanol–water partition coefficient (Wildman–Crippen LogP) is 1.09. The van der Waals surface area contributed by atoms with E-state index < -0.39 is 0 Å². The number of nitrogens with one attached hydrogen (secondary N) is 1. The van der Waals surface area contributed by atoms with E-state index in [1.54, 1.807) is 0 Å². The van der Waals surface area contributed by atoms with Crippen molar-refractivity contribution in [2.24, 2.45) is 5.92 Å². The number of hydrogen-bond acceptors (Lipinski definition) is 1. The van der Waals surface area contributed by atoms with Gasteiger partial charge < -0.3 is 5.32 Å². The van der Waals surface area contributed by atoms with Gasteiger partial charge >= 0.3 is 0 Å². The molecule has 0 fully saturated rings. The van der Waals surface area contributed by atoms with Gasteiger partial charge in [-0.3, -0.25) is 4.79 Å². The molecule has 2 nitrogen and oxygen atoms in total. The van der Waals surface area contributed by atoms with Crippen LogP contribution < -0.4 is 5.32 Å². The normalized spacial score (nSPS) is 20.2. The van der Waals surface area contributed by atoms with Crippen molar-refractivity contribution in [3.05, 3.63) is 11.6 Å². The number of carbonyl (C=O) groups is 1. The fraction of sp³-hybridized carbons (Fsp3) is 0.625. The van der Waals surface area contributed by atoms with Gasteiger partial charge in [-0.1, -0.05) is 19.9 Å². The van der Waals surface area contributed by atoms with Gasteiger partial charge in [-0.2, -0.15) is 0 Å². The Bertz CT molecular complexity index is 172. The molecule has 56 valence electrons. The van der Waals surface area contributed by atoms with E-state index in [0.717, 1.165) is 18.5 Å². The fourth-order valence-electron chi connectivity index (χ4n) is 1.09. The van der Waals surface area contributed by atoms with Gasteiger partial charge in [0.2, 0.25) is 5.91 Å². The van der Waals surface area contributed by atoms with Crippen LogP contribution in [-0.4, -0.2) is 12.5 Å². The summed E-state index contributed by atoms with van der Waals surface area (Å²) in [6.45, 7) is 4.90. The molecule has 1 unspecified atom stereocenters. The van der Waals surface area contributed by atoms with E-state index in [4.69, 9.17) is 0 Å². The highest BCUT2D eigenvalue weighted by Gasteiger charge is 2.18. The lowest BCUT2D eigenvalue weighted by molar-refractivity contribution is -0.117. The summed E-state index contributed by atoms with van der Waals surface area (Å²) in [5, 5.41) is 2.75. The molecule has 0 radical (unpaired) electrons. The second-order valence-corrected chi connectivity index (χ2v) is 2.68. The van der Waals surface area contributed by atoms with Crippen LogP contribution in [0.1, 0.15) is 20.3 Å². The largest absolute Gasteiger partial charge is 0.349 e. The number of carbonyl (C=O) groups excluding carboxylic acids is 1. The van der Waals surface area contributed by atoms with Gasteiger partial charge in [-0.05, 0) is 12.3 Å². The first kappa shape index (κ1) is 7.32. The standard InChI is InChI=1S/C8H13NO/c1-3-6(2)7-4-5-9-8(7)10/h4,6H,3,5H2,1-2H3,(H,9,10). The lowest BCUT2D eigenvalue weighted by Gasteiger charge is -2.06. The Morgan fingerprint density at radius 2 is 2.50 bits per heavy atom. The Morgan fingerprint density at radius 1 is 1.80 bits per heavy atom. The molecule has 0 spiro atoms. The van der Waals surface area contributed by atoms with Gasteiger partial charge in [0.1, 0.15) is 0 Å². The van der Waals surface area contributed by atoms with E-state index in [2.05, 4.69) is 19.2 Å². The van der Waals surface area contributed by atoms with Crippen molar-refractivity contribution < 1.29 is 4.79 Å². The minimum atomic E-state index is 0.120. The van der Waals surface area contributed by atoms with Crippen molar-refractivity contribution in [2.45, 2.75) is 20.3 Å². The van der Waals surface area contributed by atoms with Crippen molar-refractivity contribution in [3.63, 3.8) is 0 Å². The highest BCUT2D eigenvalue weighted by atomic mass is 16.1. The minimum absolute atomic E-state index is 0.120. The van der Waals surface area contributed by atoms with Crippen molar-refractivity contribution in [2.75, 3.05) is 6.54 Å². The second kappa shape index (κ2) is 2.86. The molecule has 0 aromatic carbocycles. The zero-order valence-electron chi connectivity index (χ0n) is 6.48. The Balaban J connectivity index is 2.62. The highest BCUT2D eigenvalue weighted by Crippen LogP contribution is 2.16. The molecule has 1 amide bonds. The van der Waals surface area contributed by atoms with Crippen LogP contribution in [0.5, 0.6) is 0 Å². The molecule has 1 atom stereocenters. The first-order valence-electron chi connectivity index (χ1n) is 3.74. The molecule has 0 aliphatic carbocycles. The van der Waals surface area contributed by atoms with Crippen LogP contribution in [0.15, 0.2) is 11.6 Å². The summed E-state index contributed by atoms with van der Waals surface area (Å²) in [6, 6.07) is 0. The van der Waals surface area contributed by atoms with Gasteiger partial charge in [0, 0.05) is 12.1 Å². The Kier molecular flexibility index (Phi) is 2.10. The summed E-state index contributed by atoms with van der Waals surface area (Å²) in [5.41, 5.74) is 0.961. The average Bonchev–Trinajstić information content (AvgIpc) is 2.34. The van der Waals surface area contributed by atoms with Crippen LogP contribution in [-0.2, 0) is 4.79 Å². The van der Waals surface area contributed by atoms with Crippen molar-refractivity contribution in [1.29, 1.82) is 0 Å². The van der Waals surface area contributed by atoms with Gasteiger partial charge in [-0.15, -0.1) is 0 Å². The molecule has 0 saturated carbocycles. The van der Waals surface area contributed by atoms with Crippen LogP contribution >= 0.6 is 0 Å². The van der Waals surface area contributed by atoms with Crippen LogP contribution in [0.4, 0.5) is 0 Å². The lowest BCUT2D eigenvalue weighted by Crippen LogP contribution is -2.19. The Hall–Kier alpha value is -0.790. The maximum Gasteiger partial charge on any atom is 0.247 e. The molecule has 1 aliphatic heterocycles. The first-order chi connectivity index (χ1) is 4.75. The topological polar surface area (TPSA) is 29.1 Å². The molecule has 1 rings (SSSR count). The smallest absolute Gasteiger partial charge is 0.247 e. The fourth-order valence-corrected chi connectivity index (χ4v) is 1.09. The van der Waals surface area contributed by atoms with Gasteiger partial charge in [0.05, 0.1) is 0 Å². The lowest BCUT2D eigenvalue weighted by atomic mass is 9.99. The molecule has 0 aromatic heterocycles. The van der Waals surface area contributed by atoms with Crippen LogP contribution in [0.25, 0.3) is 0 Å². The van der Waals surface area contributed by atoms with E-state index in [0.29, 0.717) is 5.92 Å². The van der Waals surface area contributed by atoms with Crippen LogP contribution in [0, 0.1) is 5.92 Å². The summed E-state index contributed by atoms with van der Waals surface area (Å²) >= 11 is 0. The molecule has 10 heavy (non-hydrogen) atoms. The van der Waals surface area contributed by atoms with E-state index in [1.807, 2.05) is 6.08 Å². The molecule has 1 aliphatic rings. The van der Waals surface area contributed by atoms with Crippen molar-refractivity contribution in [1.82, 2.24) is 5.32 Å². The summed E-state index contributed by atoms with van der Waals surface area (Å²) in [7, 11) is 0. The minimum Gasteiger partial charge on any atom is -0.349 e. The summed E-state index contributed by atoms with van der Waals surface area (Å²) in [5.74, 6) is 0.539. The highest BCUT2D eigenvalue weighted by molar-refractivity contribution is 5.96. The zero-order valence-corrected chi connectivity index (χ0v) is 6.48. The molecule has 1 N–H and O–H groups in total. The molecule has 0 aromatic rings. The van der Waals surface area contributed by atoms with E-state index in [9.17, 15) is 4.79 Å². The Labute approximate surface area is 61.3 Å². The quantitative estimate of drug-likeness (QED) is 0.609. The third-order valence-electron chi connectivity index (χ3n) is 1.99. The third kappa shape index (κ3) is 1.20. The number of hydrogen-bond donors (Lipinski definition) is 1. The van der Waals surface area contributed by atoms with Gasteiger partial charge in [-0.25, -0.2) is 0 Å². The maximum atomic E-state index is 11.0. The monoisotopic (exact) mass is 139 g/mol. The number of amides is 1. The van der Waals surface area contributed by atoms with E-state index >= 15 is 0 Å². The van der Waals surface area contributed by atoms with E-state index in [-0.39, 0.29) is 5.91 Å².